The second-order valence-electron chi connectivity index (χ2n) is 8.05. The number of hydrogen-bond donors (Lipinski definition) is 2. The number of nitrogens with one attached hydrogen (secondary N) is 2. The number of carbonyl (C=O) groups excluding carboxylic acids is 1. The lowest BCUT2D eigenvalue weighted by Gasteiger charge is -2.36. The lowest BCUT2D eigenvalue weighted by molar-refractivity contribution is -0.131. The molecule has 1 atom stereocenters. The van der Waals surface area contributed by atoms with Gasteiger partial charge in [-0.25, -0.2) is 4.39 Å². The fourth-order valence-corrected chi connectivity index (χ4v) is 3.69. The average Bonchev–Trinajstić information content (AvgIpc) is 2.77. The van der Waals surface area contributed by atoms with Gasteiger partial charge in [-0.3, -0.25) is 9.79 Å². The first kappa shape index (κ1) is 24.9. The summed E-state index contributed by atoms with van der Waals surface area (Å²) >= 11 is 0. The number of carbonyl (C=O) groups is 1. The quantitative estimate of drug-likeness (QED) is 0.437. The third-order valence-electron chi connectivity index (χ3n) is 5.52. The van der Waals surface area contributed by atoms with Gasteiger partial charge in [-0.05, 0) is 43.5 Å². The highest BCUT2D eigenvalue weighted by atomic mass is 19.1. The molecular formula is C23H38FN5O2. The number of halogens is 1. The normalized spacial score (nSPS) is 15.9. The summed E-state index contributed by atoms with van der Waals surface area (Å²) < 4.78 is 18.9. The summed E-state index contributed by atoms with van der Waals surface area (Å²) in [7, 11) is 1.73. The summed E-state index contributed by atoms with van der Waals surface area (Å²) in [5.74, 6) is 1.08. The lowest BCUT2D eigenvalue weighted by atomic mass is 10.0. The Morgan fingerprint density at radius 1 is 1.13 bits per heavy atom. The monoisotopic (exact) mass is 435 g/mol. The number of ether oxygens (including phenoxy) is 1. The van der Waals surface area contributed by atoms with E-state index in [0.717, 1.165) is 38.3 Å². The van der Waals surface area contributed by atoms with Gasteiger partial charge in [0.2, 0.25) is 5.91 Å². The minimum atomic E-state index is -0.233. The molecule has 8 heteroatoms. The first-order chi connectivity index (χ1) is 14.9. The van der Waals surface area contributed by atoms with E-state index in [1.807, 2.05) is 11.8 Å². The third-order valence-corrected chi connectivity index (χ3v) is 5.52. The van der Waals surface area contributed by atoms with Crippen molar-refractivity contribution in [2.45, 2.75) is 39.7 Å². The second-order valence-corrected chi connectivity index (χ2v) is 8.05. The van der Waals surface area contributed by atoms with E-state index < -0.39 is 0 Å². The zero-order valence-electron chi connectivity index (χ0n) is 19.4. The van der Waals surface area contributed by atoms with Gasteiger partial charge < -0.3 is 25.2 Å². The molecule has 31 heavy (non-hydrogen) atoms. The molecule has 1 aliphatic rings. The van der Waals surface area contributed by atoms with Crippen LogP contribution in [0, 0.1) is 11.7 Å². The molecule has 0 radical (unpaired) electrons. The van der Waals surface area contributed by atoms with Gasteiger partial charge in [-0.1, -0.05) is 13.8 Å². The van der Waals surface area contributed by atoms with Crippen molar-refractivity contribution in [1.82, 2.24) is 15.5 Å². The Hall–Kier alpha value is -2.35. The van der Waals surface area contributed by atoms with Crippen LogP contribution in [0.4, 0.5) is 10.1 Å². The van der Waals surface area contributed by atoms with E-state index in [1.165, 1.54) is 12.1 Å². The summed E-state index contributed by atoms with van der Waals surface area (Å²) in [6, 6.07) is 6.51. The van der Waals surface area contributed by atoms with Gasteiger partial charge >= 0.3 is 0 Å². The minimum absolute atomic E-state index is 0.137. The minimum Gasteiger partial charge on any atom is -0.378 e. The van der Waals surface area contributed by atoms with E-state index >= 15 is 0 Å². The summed E-state index contributed by atoms with van der Waals surface area (Å²) in [4.78, 5) is 20.9. The molecular weight excluding hydrogens is 397 g/mol. The first-order valence-electron chi connectivity index (χ1n) is 11.3. The van der Waals surface area contributed by atoms with Gasteiger partial charge in [0.05, 0.1) is 6.10 Å². The Morgan fingerprint density at radius 3 is 2.35 bits per heavy atom. The molecule has 0 spiro atoms. The predicted octanol–water partition coefficient (Wildman–Crippen LogP) is 2.48. The maximum atomic E-state index is 13.1. The molecule has 2 N–H and O–H groups in total. The van der Waals surface area contributed by atoms with Crippen molar-refractivity contribution in [1.29, 1.82) is 0 Å². The molecule has 0 aromatic heterocycles. The fourth-order valence-electron chi connectivity index (χ4n) is 3.69. The van der Waals surface area contributed by atoms with Gasteiger partial charge in [0.25, 0.3) is 0 Å². The second kappa shape index (κ2) is 13.1. The highest BCUT2D eigenvalue weighted by molar-refractivity contribution is 5.81. The number of benzene rings is 1. The van der Waals surface area contributed by atoms with E-state index in [4.69, 9.17) is 4.74 Å². The Morgan fingerprint density at radius 2 is 1.77 bits per heavy atom. The summed E-state index contributed by atoms with van der Waals surface area (Å²) in [6.45, 7) is 11.2. The molecule has 174 valence electrons. The number of aliphatic imine (C=N–C) groups is 1. The maximum Gasteiger partial charge on any atom is 0.224 e. The number of hydrogen-bond acceptors (Lipinski definition) is 4. The van der Waals surface area contributed by atoms with Crippen molar-refractivity contribution in [2.75, 3.05) is 57.8 Å². The van der Waals surface area contributed by atoms with Crippen molar-refractivity contribution in [3.05, 3.63) is 30.1 Å². The lowest BCUT2D eigenvalue weighted by Crippen LogP contribution is -2.49. The molecule has 7 nitrogen and oxygen atoms in total. The molecule has 1 heterocycles. The van der Waals surface area contributed by atoms with E-state index in [0.29, 0.717) is 37.9 Å². The molecule has 1 fully saturated rings. The molecule has 0 bridgehead atoms. The topological polar surface area (TPSA) is 69.2 Å². The average molecular weight is 436 g/mol. The molecule has 1 saturated heterocycles. The number of rotatable bonds is 10. The van der Waals surface area contributed by atoms with Crippen molar-refractivity contribution in [3.63, 3.8) is 0 Å². The van der Waals surface area contributed by atoms with Crippen LogP contribution in [0.3, 0.4) is 0 Å². The van der Waals surface area contributed by atoms with Crippen LogP contribution in [0.2, 0.25) is 0 Å². The van der Waals surface area contributed by atoms with Crippen molar-refractivity contribution < 1.29 is 13.9 Å². The van der Waals surface area contributed by atoms with Crippen LogP contribution >= 0.6 is 0 Å². The largest absolute Gasteiger partial charge is 0.378 e. The summed E-state index contributed by atoms with van der Waals surface area (Å²) in [5.41, 5.74) is 0.995. The van der Waals surface area contributed by atoms with Gasteiger partial charge in [-0.2, -0.15) is 0 Å². The molecule has 0 aliphatic carbocycles. The number of nitrogens with zero attached hydrogens (tertiary/aromatic N) is 3. The van der Waals surface area contributed by atoms with Crippen LogP contribution in [0.25, 0.3) is 0 Å². The van der Waals surface area contributed by atoms with Gasteiger partial charge in [-0.15, -0.1) is 0 Å². The summed E-state index contributed by atoms with van der Waals surface area (Å²) in [5, 5.41) is 6.51. The molecule has 1 unspecified atom stereocenters. The number of guanidine groups is 1. The zero-order valence-corrected chi connectivity index (χ0v) is 19.4. The molecule has 1 aromatic carbocycles. The molecule has 1 aromatic rings. The summed E-state index contributed by atoms with van der Waals surface area (Å²) in [6.07, 6.45) is 1.56. The van der Waals surface area contributed by atoms with Crippen LogP contribution in [0.15, 0.2) is 29.3 Å². The van der Waals surface area contributed by atoms with Crippen LogP contribution < -0.4 is 15.5 Å². The first-order valence-corrected chi connectivity index (χ1v) is 11.3. The van der Waals surface area contributed by atoms with Crippen LogP contribution in [0.5, 0.6) is 0 Å². The number of amides is 1. The smallest absolute Gasteiger partial charge is 0.224 e. The van der Waals surface area contributed by atoms with Crippen LogP contribution in [-0.4, -0.2) is 75.8 Å². The fraction of sp³-hybridized carbons (Fsp3) is 0.652. The van der Waals surface area contributed by atoms with Crippen molar-refractivity contribution >= 4 is 17.6 Å². The molecule has 2 rings (SSSR count). The maximum absolute atomic E-state index is 13.1. The van der Waals surface area contributed by atoms with Gasteiger partial charge in [0, 0.05) is 65.0 Å². The highest BCUT2D eigenvalue weighted by Gasteiger charge is 2.21. The standard InChI is InChI=1S/C23H38FN5O2/c1-5-31-21(18(2)3)10-12-26-23(25-4)27-13-11-22(30)29-16-14-28(15-17-29)20-8-6-19(24)7-9-20/h6-9,18,21H,5,10-17H2,1-4H3,(H2,25,26,27). The molecule has 1 aliphatic heterocycles. The van der Waals surface area contributed by atoms with E-state index in [2.05, 4.69) is 34.4 Å². The van der Waals surface area contributed by atoms with Crippen molar-refractivity contribution in [2.24, 2.45) is 10.9 Å². The Kier molecular flexibility index (Phi) is 10.6. The third kappa shape index (κ3) is 8.36. The Labute approximate surface area is 186 Å². The van der Waals surface area contributed by atoms with E-state index in [1.54, 1.807) is 19.2 Å². The van der Waals surface area contributed by atoms with Crippen LogP contribution in [0.1, 0.15) is 33.6 Å². The Bertz CT molecular complexity index is 688. The molecule has 0 saturated carbocycles. The van der Waals surface area contributed by atoms with E-state index in [9.17, 15) is 9.18 Å². The number of piperazine rings is 1. The SMILES string of the molecule is CCOC(CCNC(=NC)NCCC(=O)N1CCN(c2ccc(F)cc2)CC1)C(C)C. The van der Waals surface area contributed by atoms with Gasteiger partial charge in [0.15, 0.2) is 5.96 Å². The van der Waals surface area contributed by atoms with Gasteiger partial charge in [0.1, 0.15) is 5.82 Å². The Balaban J connectivity index is 1.66. The zero-order chi connectivity index (χ0) is 22.6. The predicted molar refractivity (Wildman–Crippen MR) is 124 cm³/mol. The number of anilines is 1. The van der Waals surface area contributed by atoms with Crippen molar-refractivity contribution in [3.8, 4) is 0 Å². The van der Waals surface area contributed by atoms with E-state index in [-0.39, 0.29) is 17.8 Å². The van der Waals surface area contributed by atoms with Crippen LogP contribution in [-0.2, 0) is 9.53 Å². The highest BCUT2D eigenvalue weighted by Crippen LogP contribution is 2.17. The molecule has 1 amide bonds.